The van der Waals surface area contributed by atoms with Crippen molar-refractivity contribution >= 4 is 112 Å². The highest BCUT2D eigenvalue weighted by Crippen LogP contribution is 2.59. The van der Waals surface area contributed by atoms with Gasteiger partial charge in [-0.3, -0.25) is 0 Å². The molecule has 0 amide bonds. The third kappa shape index (κ3) is 14.0. The Balaban J connectivity index is 0.000000169. The van der Waals surface area contributed by atoms with Crippen LogP contribution < -0.4 is 19.6 Å². The molecule has 0 saturated carbocycles. The lowest BCUT2D eigenvalue weighted by Gasteiger charge is -2.31. The molecule has 18 rings (SSSR count). The third-order valence-electron chi connectivity index (χ3n) is 21.9. The average Bonchev–Trinajstić information content (AvgIpc) is 1.52. The zero-order valence-electron chi connectivity index (χ0n) is 66.2. The van der Waals surface area contributed by atoms with Crippen molar-refractivity contribution in [2.45, 2.75) is 91.9 Å². The molecule has 14 aromatic carbocycles. The first-order chi connectivity index (χ1) is 55.6. The molecule has 560 valence electrons. The summed E-state index contributed by atoms with van der Waals surface area (Å²) in [5, 5.41) is 3.84. The summed E-state index contributed by atoms with van der Waals surface area (Å²) in [4.78, 5) is 9.35. The van der Waals surface area contributed by atoms with E-state index < -0.39 is 0 Å². The molecule has 0 bridgehead atoms. The van der Waals surface area contributed by atoms with E-state index in [0.29, 0.717) is 11.8 Å². The molecule has 114 heavy (non-hydrogen) atoms. The van der Waals surface area contributed by atoms with E-state index in [-0.39, 0.29) is 10.8 Å². The van der Waals surface area contributed by atoms with Crippen LogP contribution in [-0.2, 0) is 10.8 Å². The lowest BCUT2D eigenvalue weighted by Crippen LogP contribution is -2.15. The van der Waals surface area contributed by atoms with E-state index in [9.17, 15) is 0 Å². The van der Waals surface area contributed by atoms with Crippen LogP contribution in [0.5, 0.6) is 0 Å². The molecule has 8 heteroatoms. The molecule has 0 atom stereocenters. The maximum atomic E-state index is 7.13. The van der Waals surface area contributed by atoms with Crippen molar-refractivity contribution in [3.8, 4) is 44.5 Å². The number of benzene rings is 14. The third-order valence-corrected chi connectivity index (χ3v) is 21.9. The fourth-order valence-electron chi connectivity index (χ4n) is 15.9. The normalized spacial score (nSPS) is 11.8. The van der Waals surface area contributed by atoms with Gasteiger partial charge in [-0.2, -0.15) is 0 Å². The molecule has 0 fully saturated rings. The number of furan rings is 4. The highest BCUT2D eigenvalue weighted by Gasteiger charge is 2.36. The van der Waals surface area contributed by atoms with Crippen LogP contribution in [0.4, 0.5) is 68.2 Å². The smallest absolute Gasteiger partial charge is 0.161 e. The van der Waals surface area contributed by atoms with Crippen LogP contribution in [0.1, 0.15) is 103 Å². The van der Waals surface area contributed by atoms with Crippen molar-refractivity contribution in [1.82, 2.24) is 0 Å². The van der Waals surface area contributed by atoms with E-state index in [0.717, 1.165) is 157 Å². The van der Waals surface area contributed by atoms with Gasteiger partial charge in [-0.1, -0.05) is 312 Å². The molecule has 4 heterocycles. The van der Waals surface area contributed by atoms with E-state index in [4.69, 9.17) is 17.7 Å². The molecule has 0 aliphatic rings. The van der Waals surface area contributed by atoms with Crippen LogP contribution in [0, 0.1) is 0 Å². The Hall–Kier alpha value is -13.6. The summed E-state index contributed by atoms with van der Waals surface area (Å²) in [6.45, 7) is 22.6. The van der Waals surface area contributed by atoms with Crippen molar-refractivity contribution in [2.24, 2.45) is 0 Å². The monoisotopic (exact) mass is 1480 g/mol. The van der Waals surface area contributed by atoms with Crippen LogP contribution in [0.2, 0.25) is 0 Å². The van der Waals surface area contributed by atoms with Crippen LogP contribution in [0.3, 0.4) is 0 Å². The maximum Gasteiger partial charge on any atom is 0.161 e. The predicted molar refractivity (Wildman–Crippen MR) is 478 cm³/mol. The van der Waals surface area contributed by atoms with Crippen molar-refractivity contribution in [1.29, 1.82) is 0 Å². The van der Waals surface area contributed by atoms with Crippen LogP contribution in [-0.4, -0.2) is 0 Å². The van der Waals surface area contributed by atoms with Crippen LogP contribution in [0.25, 0.3) is 88.4 Å². The number of hydrogen-bond acceptors (Lipinski definition) is 8. The van der Waals surface area contributed by atoms with Gasteiger partial charge in [0.25, 0.3) is 0 Å². The SMILES string of the molecule is CC(C)c1ccc(N(c2ccc(C(C)(C)C)cc2)c2c3occ(-c4ccccc4)c3c(N(c3ccc(C(C)C)cc3)c3ccc(C(C)(C)C)cc3)c3occ(-c4ccccc4)c23)cc1.c1ccc(-c2coc3c(N(c4ccccc4)c4ccccc4)c4c(-c5ccccc5)coc4c(N(c4ccccc4)c4ccccc4)c23)cc1. The summed E-state index contributed by atoms with van der Waals surface area (Å²) in [5.41, 5.74) is 28.1. The van der Waals surface area contributed by atoms with Gasteiger partial charge < -0.3 is 37.3 Å². The zero-order chi connectivity index (χ0) is 78.2. The molecular formula is C106H92N4O4. The summed E-state index contributed by atoms with van der Waals surface area (Å²) < 4.78 is 28.0. The fourth-order valence-corrected chi connectivity index (χ4v) is 15.9. The summed E-state index contributed by atoms with van der Waals surface area (Å²) >= 11 is 0. The fraction of sp³-hybridized carbons (Fsp3) is 0.132. The standard InChI is InChI=1S/C60H60N2O2.C46H32N2O2/c1-39(2)41-21-29-47(30-22-41)61(49-33-25-45(26-34-49)59(5,6)7)55-53-51(43-17-13-11-14-18-43)37-64-58(53)56(54-52(38-63-57(54)55)44-19-15-12-16-20-44)62(48-31-23-42(24-32-48)40(3)4)50-35-27-46(28-36-50)60(8,9)10;1-7-19-33(20-8-1)39-31-49-45-41(39)43(47(35-23-11-3-12-24-35)36-25-13-4-14-26-36)46-42(40(32-50-46)34-21-9-2-10-22-34)44(45)48(37-27-15-5-16-28-37)38-29-17-6-18-30-38/h11-40H,1-10H3;1-32H. The van der Waals surface area contributed by atoms with Gasteiger partial charge in [0.05, 0.1) is 46.6 Å². The molecule has 8 nitrogen and oxygen atoms in total. The van der Waals surface area contributed by atoms with E-state index in [1.54, 1.807) is 0 Å². The second-order valence-corrected chi connectivity index (χ2v) is 32.0. The molecular weight excluding hydrogens is 1390 g/mol. The van der Waals surface area contributed by atoms with Gasteiger partial charge in [0.15, 0.2) is 22.3 Å². The van der Waals surface area contributed by atoms with Gasteiger partial charge in [0, 0.05) is 67.8 Å². The Bertz CT molecular complexity index is 5830. The summed E-state index contributed by atoms with van der Waals surface area (Å²) in [5.74, 6) is 0.780. The number of rotatable bonds is 18. The molecule has 0 radical (unpaired) electrons. The largest absolute Gasteiger partial charge is 0.461 e. The van der Waals surface area contributed by atoms with Gasteiger partial charge in [0.1, 0.15) is 22.7 Å². The zero-order valence-corrected chi connectivity index (χ0v) is 66.2. The molecule has 0 aliphatic carbocycles. The Morgan fingerprint density at radius 3 is 0.570 bits per heavy atom. The first-order valence-electron chi connectivity index (χ1n) is 39.6. The Morgan fingerprint density at radius 2 is 0.386 bits per heavy atom. The van der Waals surface area contributed by atoms with Crippen molar-refractivity contribution in [3.63, 3.8) is 0 Å². The van der Waals surface area contributed by atoms with E-state index in [1.165, 1.54) is 22.3 Å². The van der Waals surface area contributed by atoms with Gasteiger partial charge >= 0.3 is 0 Å². The highest BCUT2D eigenvalue weighted by molar-refractivity contribution is 6.28. The van der Waals surface area contributed by atoms with Gasteiger partial charge in [-0.25, -0.2) is 0 Å². The second-order valence-electron chi connectivity index (χ2n) is 32.0. The molecule has 18 aromatic rings. The summed E-state index contributed by atoms with van der Waals surface area (Å²) in [6.07, 6.45) is 7.69. The summed E-state index contributed by atoms with van der Waals surface area (Å²) in [7, 11) is 0. The van der Waals surface area contributed by atoms with Crippen LogP contribution in [0.15, 0.2) is 382 Å². The first kappa shape index (κ1) is 73.3. The lowest BCUT2D eigenvalue weighted by molar-refractivity contribution is 0.590. The van der Waals surface area contributed by atoms with E-state index in [2.05, 4.69) is 392 Å². The van der Waals surface area contributed by atoms with Gasteiger partial charge in [0.2, 0.25) is 0 Å². The Kier molecular flexibility index (Phi) is 19.9. The molecule has 0 saturated heterocycles. The highest BCUT2D eigenvalue weighted by atomic mass is 16.3. The minimum atomic E-state index is -0.0109. The lowest BCUT2D eigenvalue weighted by atomic mass is 9.87. The molecule has 0 unspecified atom stereocenters. The number of para-hydroxylation sites is 4. The quantitative estimate of drug-likeness (QED) is 0.0788. The molecule has 0 N–H and O–H groups in total. The van der Waals surface area contributed by atoms with Crippen molar-refractivity contribution in [3.05, 3.63) is 387 Å². The Morgan fingerprint density at radius 1 is 0.211 bits per heavy atom. The molecule has 4 aromatic heterocycles. The number of fused-ring (bicyclic) bond motifs is 4. The minimum Gasteiger partial charge on any atom is -0.461 e. The number of anilines is 12. The van der Waals surface area contributed by atoms with Crippen LogP contribution >= 0.6 is 0 Å². The topological polar surface area (TPSA) is 65.5 Å². The Labute approximate surface area is 668 Å². The van der Waals surface area contributed by atoms with E-state index in [1.807, 2.05) is 61.5 Å². The van der Waals surface area contributed by atoms with Gasteiger partial charge in [-0.05, 0) is 164 Å². The first-order valence-corrected chi connectivity index (χ1v) is 39.6. The number of hydrogen-bond donors (Lipinski definition) is 0. The average molecular weight is 1490 g/mol. The van der Waals surface area contributed by atoms with E-state index >= 15 is 0 Å². The molecule has 0 spiro atoms. The maximum absolute atomic E-state index is 7.13. The van der Waals surface area contributed by atoms with Crippen molar-refractivity contribution in [2.75, 3.05) is 19.6 Å². The predicted octanol–water partition coefficient (Wildman–Crippen LogP) is 31.7. The molecule has 0 aliphatic heterocycles. The van der Waals surface area contributed by atoms with Gasteiger partial charge in [-0.15, -0.1) is 0 Å². The van der Waals surface area contributed by atoms with Crippen molar-refractivity contribution < 1.29 is 17.7 Å². The number of nitrogens with zero attached hydrogens (tertiary/aromatic N) is 4. The summed E-state index contributed by atoms with van der Waals surface area (Å²) in [6, 6.07) is 120. The minimum absolute atomic E-state index is 0.0109. The second kappa shape index (κ2) is 31.0.